The molecule has 2 aromatic carbocycles. The van der Waals surface area contributed by atoms with Gasteiger partial charge in [-0.2, -0.15) is 13.2 Å². The number of benzene rings is 2. The number of nitrogens with zero attached hydrogens (tertiary/aromatic N) is 3. The molecule has 1 fully saturated rings. The summed E-state index contributed by atoms with van der Waals surface area (Å²) in [5, 5.41) is 0.790. The maximum Gasteiger partial charge on any atom is 0.419 e. The molecule has 3 aromatic rings. The fourth-order valence-corrected chi connectivity index (χ4v) is 4.93. The van der Waals surface area contributed by atoms with Gasteiger partial charge in [0, 0.05) is 49.0 Å². The number of hydrogen-bond acceptors (Lipinski definition) is 3. The Bertz CT molecular complexity index is 1280. The van der Waals surface area contributed by atoms with Crippen molar-refractivity contribution in [2.24, 2.45) is 0 Å². The second kappa shape index (κ2) is 10.4. The van der Waals surface area contributed by atoms with Crippen LogP contribution in [0, 0.1) is 12.7 Å². The van der Waals surface area contributed by atoms with E-state index in [1.54, 1.807) is 49.3 Å². The summed E-state index contributed by atoms with van der Waals surface area (Å²) >= 11 is 12.4. The number of rotatable bonds is 5. The normalized spacial score (nSPS) is 18.2. The highest BCUT2D eigenvalue weighted by molar-refractivity contribution is 6.42. The van der Waals surface area contributed by atoms with Crippen LogP contribution < -0.4 is 0 Å². The van der Waals surface area contributed by atoms with Crippen LogP contribution in [0.1, 0.15) is 38.7 Å². The van der Waals surface area contributed by atoms with E-state index in [2.05, 4.69) is 4.98 Å². The largest absolute Gasteiger partial charge is 0.419 e. The average molecular weight is 540 g/mol. The van der Waals surface area contributed by atoms with Gasteiger partial charge >= 0.3 is 6.18 Å². The molecule has 36 heavy (non-hydrogen) atoms. The summed E-state index contributed by atoms with van der Waals surface area (Å²) in [6.07, 6.45) is -3.18. The molecule has 2 heterocycles. The van der Waals surface area contributed by atoms with E-state index in [1.165, 1.54) is 6.07 Å². The van der Waals surface area contributed by atoms with Crippen LogP contribution in [0.3, 0.4) is 0 Å². The van der Waals surface area contributed by atoms with Gasteiger partial charge in [0.05, 0.1) is 15.6 Å². The number of halogens is 6. The van der Waals surface area contributed by atoms with Crippen LogP contribution in [0.4, 0.5) is 17.6 Å². The molecular weight excluding hydrogens is 517 g/mol. The van der Waals surface area contributed by atoms with Gasteiger partial charge in [0.1, 0.15) is 5.82 Å². The maximum absolute atomic E-state index is 14.2. The van der Waals surface area contributed by atoms with Crippen molar-refractivity contribution in [2.45, 2.75) is 31.6 Å². The van der Waals surface area contributed by atoms with Crippen LogP contribution in [0.15, 0.2) is 54.7 Å². The zero-order valence-electron chi connectivity index (χ0n) is 19.5. The summed E-state index contributed by atoms with van der Waals surface area (Å²) in [7, 11) is 1.80. The molecule has 190 valence electrons. The highest BCUT2D eigenvalue weighted by Gasteiger charge is 2.39. The fraction of sp³-hybridized carbons (Fsp3) is 0.308. The van der Waals surface area contributed by atoms with E-state index in [9.17, 15) is 22.4 Å². The second-order valence-electron chi connectivity index (χ2n) is 8.97. The summed E-state index contributed by atoms with van der Waals surface area (Å²) in [5.41, 5.74) is 1.21. The third kappa shape index (κ3) is 5.66. The smallest absolute Gasteiger partial charge is 0.336 e. The molecule has 0 aliphatic carbocycles. The third-order valence-corrected chi connectivity index (χ3v) is 7.17. The Labute approximate surface area is 216 Å². The lowest BCUT2D eigenvalue weighted by Crippen LogP contribution is -2.38. The minimum absolute atomic E-state index is 0.151. The number of likely N-dealkylation sites (N-methyl/N-ethyl adjacent to an activating group) is 1. The van der Waals surface area contributed by atoms with Crippen LogP contribution in [0.25, 0.3) is 0 Å². The lowest BCUT2D eigenvalue weighted by Gasteiger charge is -2.29. The molecule has 1 aliphatic rings. The van der Waals surface area contributed by atoms with Crippen LogP contribution in [0.2, 0.25) is 10.0 Å². The Kier molecular flexibility index (Phi) is 7.59. The van der Waals surface area contributed by atoms with Gasteiger partial charge in [-0.1, -0.05) is 35.3 Å². The number of likely N-dealkylation sites (tertiary alicyclic amines) is 1. The number of hydrogen-bond donors (Lipinski definition) is 0. The fourth-order valence-electron chi connectivity index (χ4n) is 4.62. The second-order valence-corrected chi connectivity index (χ2v) is 9.78. The summed E-state index contributed by atoms with van der Waals surface area (Å²) < 4.78 is 53.0. The molecule has 0 radical (unpaired) electrons. The minimum Gasteiger partial charge on any atom is -0.336 e. The van der Waals surface area contributed by atoms with Gasteiger partial charge in [0.25, 0.3) is 5.91 Å². The summed E-state index contributed by atoms with van der Waals surface area (Å²) in [6.45, 7) is 2.76. The Morgan fingerprint density at radius 1 is 1.08 bits per heavy atom. The van der Waals surface area contributed by atoms with E-state index in [0.29, 0.717) is 34.3 Å². The molecule has 0 bridgehead atoms. The topological polar surface area (TPSA) is 36.4 Å². The van der Waals surface area contributed by atoms with Crippen molar-refractivity contribution in [1.29, 1.82) is 0 Å². The minimum atomic E-state index is -4.76. The first-order valence-corrected chi connectivity index (χ1v) is 11.9. The molecule has 0 unspecified atom stereocenters. The molecule has 0 saturated carbocycles. The predicted molar refractivity (Wildman–Crippen MR) is 131 cm³/mol. The van der Waals surface area contributed by atoms with Crippen molar-refractivity contribution in [2.75, 3.05) is 20.1 Å². The molecule has 1 saturated heterocycles. The first-order valence-electron chi connectivity index (χ1n) is 11.2. The van der Waals surface area contributed by atoms with Crippen molar-refractivity contribution in [1.82, 2.24) is 14.8 Å². The average Bonchev–Trinajstić information content (AvgIpc) is 3.25. The zero-order valence-corrected chi connectivity index (χ0v) is 21.0. The van der Waals surface area contributed by atoms with Gasteiger partial charge in [0.15, 0.2) is 0 Å². The highest BCUT2D eigenvalue weighted by Crippen LogP contribution is 2.36. The lowest BCUT2D eigenvalue weighted by atomic mass is 9.93. The van der Waals surface area contributed by atoms with Crippen LogP contribution in [-0.4, -0.2) is 46.9 Å². The molecule has 10 heteroatoms. The number of alkyl halides is 3. The van der Waals surface area contributed by atoms with Crippen molar-refractivity contribution < 1.29 is 22.4 Å². The SMILES string of the molecule is Cc1cc(C(=O)N2C[C@H](c3ccc(Cl)c(Cl)c3)[C@@H](N(C)Cc3ccc(C(F)(F)F)c(F)c3)C2)ccn1. The Hall–Kier alpha value is -2.68. The molecule has 1 amide bonds. The Morgan fingerprint density at radius 3 is 2.47 bits per heavy atom. The monoisotopic (exact) mass is 539 g/mol. The number of carbonyl (C=O) groups is 1. The maximum atomic E-state index is 14.2. The molecule has 4 rings (SSSR count). The number of amides is 1. The molecule has 2 atom stereocenters. The molecular formula is C26H23Cl2F4N3O. The van der Waals surface area contributed by atoms with Crippen molar-refractivity contribution in [3.05, 3.63) is 98.5 Å². The quantitative estimate of drug-likeness (QED) is 0.343. The van der Waals surface area contributed by atoms with Crippen LogP contribution in [-0.2, 0) is 12.7 Å². The summed E-state index contributed by atoms with van der Waals surface area (Å²) in [6, 6.07) is 11.4. The standard InChI is InChI=1S/C26H23Cl2F4N3O/c1-15-9-18(7-8-33-15)25(36)35-13-19(17-4-6-21(27)22(28)11-17)24(14-35)34(2)12-16-3-5-20(23(29)10-16)26(30,31)32/h3-11,19,24H,12-14H2,1-2H3/t19-,24+/m1/s1. The van der Waals surface area contributed by atoms with E-state index < -0.39 is 17.6 Å². The summed E-state index contributed by atoms with van der Waals surface area (Å²) in [5.74, 6) is -1.62. The number of aromatic nitrogens is 1. The van der Waals surface area contributed by atoms with Gasteiger partial charge in [-0.05, 0) is 61.5 Å². The Balaban J connectivity index is 1.61. The van der Waals surface area contributed by atoms with Crippen molar-refractivity contribution >= 4 is 29.1 Å². The van der Waals surface area contributed by atoms with Gasteiger partial charge in [0.2, 0.25) is 0 Å². The third-order valence-electron chi connectivity index (χ3n) is 6.43. The van der Waals surface area contributed by atoms with Gasteiger partial charge < -0.3 is 4.90 Å². The first kappa shape index (κ1) is 26.4. The van der Waals surface area contributed by atoms with Gasteiger partial charge in [-0.15, -0.1) is 0 Å². The predicted octanol–water partition coefficient (Wildman–Crippen LogP) is 6.59. The molecule has 1 aromatic heterocycles. The first-order chi connectivity index (χ1) is 16.9. The van der Waals surface area contributed by atoms with Crippen LogP contribution >= 0.6 is 23.2 Å². The number of carbonyl (C=O) groups excluding carboxylic acids is 1. The highest BCUT2D eigenvalue weighted by atomic mass is 35.5. The van der Waals surface area contributed by atoms with Gasteiger partial charge in [-0.3, -0.25) is 14.7 Å². The van der Waals surface area contributed by atoms with Gasteiger partial charge in [-0.25, -0.2) is 4.39 Å². The number of aryl methyl sites for hydroxylation is 1. The van der Waals surface area contributed by atoms with E-state index >= 15 is 0 Å². The zero-order chi connectivity index (χ0) is 26.2. The van der Waals surface area contributed by atoms with E-state index in [-0.39, 0.29) is 24.4 Å². The molecule has 0 spiro atoms. The number of pyridine rings is 1. The van der Waals surface area contributed by atoms with E-state index in [4.69, 9.17) is 23.2 Å². The molecule has 0 N–H and O–H groups in total. The lowest BCUT2D eigenvalue weighted by molar-refractivity contribution is -0.140. The van der Waals surface area contributed by atoms with E-state index in [0.717, 1.165) is 23.4 Å². The Morgan fingerprint density at radius 2 is 1.83 bits per heavy atom. The van der Waals surface area contributed by atoms with Crippen LogP contribution in [0.5, 0.6) is 0 Å². The van der Waals surface area contributed by atoms with Crippen molar-refractivity contribution in [3.8, 4) is 0 Å². The summed E-state index contributed by atoms with van der Waals surface area (Å²) in [4.78, 5) is 21.1. The van der Waals surface area contributed by atoms with Crippen molar-refractivity contribution in [3.63, 3.8) is 0 Å². The van der Waals surface area contributed by atoms with E-state index in [1.807, 2.05) is 11.0 Å². The molecule has 1 aliphatic heterocycles. The molecule has 4 nitrogen and oxygen atoms in total.